The average molecular weight is 409 g/mol. The molecule has 29 heavy (non-hydrogen) atoms. The summed E-state index contributed by atoms with van der Waals surface area (Å²) in [6.45, 7) is 7.25. The summed E-state index contributed by atoms with van der Waals surface area (Å²) < 4.78 is 7.73. The summed E-state index contributed by atoms with van der Waals surface area (Å²) in [5.41, 5.74) is 2.40. The highest BCUT2D eigenvalue weighted by Gasteiger charge is 2.29. The van der Waals surface area contributed by atoms with Crippen molar-refractivity contribution in [2.24, 2.45) is 0 Å². The number of thioether (sulfide) groups is 1. The first-order valence-electron chi connectivity index (χ1n) is 9.57. The molecule has 2 aromatic carbocycles. The molecule has 0 unspecified atom stereocenters. The van der Waals surface area contributed by atoms with Crippen molar-refractivity contribution >= 4 is 17.7 Å². The first kappa shape index (κ1) is 19.5. The van der Waals surface area contributed by atoms with Gasteiger partial charge in [0.1, 0.15) is 12.4 Å². The monoisotopic (exact) mass is 408 g/mol. The van der Waals surface area contributed by atoms with Crippen LogP contribution in [0.4, 0.5) is 0 Å². The molecule has 1 amide bonds. The Morgan fingerprint density at radius 3 is 2.45 bits per heavy atom. The third-order valence-corrected chi connectivity index (χ3v) is 5.70. The molecular formula is C22H24N4O2S. The zero-order chi connectivity index (χ0) is 20.4. The van der Waals surface area contributed by atoms with E-state index in [-0.39, 0.29) is 17.9 Å². The second-order valence-electron chi connectivity index (χ2n) is 8.00. The Hall–Kier alpha value is -2.80. The molecule has 1 aliphatic heterocycles. The lowest BCUT2D eigenvalue weighted by molar-refractivity contribution is -0.118. The molecule has 1 aliphatic rings. The van der Waals surface area contributed by atoms with Gasteiger partial charge < -0.3 is 4.74 Å². The largest absolute Gasteiger partial charge is 0.486 e. The van der Waals surface area contributed by atoms with Gasteiger partial charge in [0.2, 0.25) is 5.16 Å². The maximum Gasteiger partial charge on any atom is 0.252 e. The Bertz CT molecular complexity index is 994. The summed E-state index contributed by atoms with van der Waals surface area (Å²) in [6, 6.07) is 18.0. The number of nitrogens with zero attached hydrogens (tertiary/aromatic N) is 4. The number of amides is 1. The van der Waals surface area contributed by atoms with Crippen molar-refractivity contribution in [3.63, 3.8) is 0 Å². The number of benzene rings is 2. The van der Waals surface area contributed by atoms with Gasteiger partial charge in [-0.2, -0.15) is 0 Å². The molecule has 150 valence electrons. The van der Waals surface area contributed by atoms with Gasteiger partial charge >= 0.3 is 0 Å². The molecule has 0 aliphatic carbocycles. The normalized spacial score (nSPS) is 14.0. The van der Waals surface area contributed by atoms with Crippen LogP contribution in [-0.2, 0) is 23.4 Å². The SMILES string of the molecule is CC(C)(C)c1ccc(OCc2nnc3n2N(Cc2ccccc2)C(=O)CS3)cc1. The van der Waals surface area contributed by atoms with Crippen molar-refractivity contribution in [3.05, 3.63) is 71.5 Å². The van der Waals surface area contributed by atoms with Crippen LogP contribution in [0.3, 0.4) is 0 Å². The van der Waals surface area contributed by atoms with E-state index in [0.717, 1.165) is 11.3 Å². The second-order valence-corrected chi connectivity index (χ2v) is 8.94. The maximum absolute atomic E-state index is 12.6. The summed E-state index contributed by atoms with van der Waals surface area (Å²) in [6.07, 6.45) is 0. The van der Waals surface area contributed by atoms with Crippen LogP contribution in [0.1, 0.15) is 37.7 Å². The van der Waals surface area contributed by atoms with Gasteiger partial charge in [-0.25, -0.2) is 9.69 Å². The zero-order valence-electron chi connectivity index (χ0n) is 16.8. The highest BCUT2D eigenvalue weighted by atomic mass is 32.2. The first-order chi connectivity index (χ1) is 13.9. The third-order valence-electron chi connectivity index (χ3n) is 4.79. The van der Waals surface area contributed by atoms with Gasteiger partial charge in [0, 0.05) is 0 Å². The average Bonchev–Trinajstić information content (AvgIpc) is 3.12. The predicted octanol–water partition coefficient (Wildman–Crippen LogP) is 3.93. The van der Waals surface area contributed by atoms with Crippen LogP contribution >= 0.6 is 11.8 Å². The Kier molecular flexibility index (Phi) is 5.32. The number of hydrogen-bond acceptors (Lipinski definition) is 5. The molecule has 2 heterocycles. The van der Waals surface area contributed by atoms with E-state index in [1.165, 1.54) is 17.3 Å². The molecule has 6 nitrogen and oxygen atoms in total. The topological polar surface area (TPSA) is 60.3 Å². The van der Waals surface area contributed by atoms with E-state index in [9.17, 15) is 4.79 Å². The molecule has 7 heteroatoms. The van der Waals surface area contributed by atoms with Crippen molar-refractivity contribution in [1.82, 2.24) is 14.9 Å². The van der Waals surface area contributed by atoms with E-state index in [1.54, 1.807) is 9.69 Å². The van der Waals surface area contributed by atoms with Gasteiger partial charge in [0.25, 0.3) is 5.91 Å². The van der Waals surface area contributed by atoms with Gasteiger partial charge in [-0.05, 0) is 28.7 Å². The minimum Gasteiger partial charge on any atom is -0.486 e. The lowest BCUT2D eigenvalue weighted by Gasteiger charge is -2.29. The summed E-state index contributed by atoms with van der Waals surface area (Å²) in [5.74, 6) is 1.76. The number of hydrogen-bond donors (Lipinski definition) is 0. The van der Waals surface area contributed by atoms with Gasteiger partial charge in [0.15, 0.2) is 5.82 Å². The van der Waals surface area contributed by atoms with E-state index in [1.807, 2.05) is 42.5 Å². The molecule has 1 aromatic heterocycles. The minimum atomic E-state index is 0.0296. The fourth-order valence-electron chi connectivity index (χ4n) is 3.14. The first-order valence-corrected chi connectivity index (χ1v) is 10.6. The number of ether oxygens (including phenoxy) is 1. The minimum absolute atomic E-state index is 0.0296. The standard InChI is InChI=1S/C22H24N4O2S/c1-22(2,3)17-9-11-18(12-10-17)28-14-19-23-24-21-26(19)25(20(27)15-29-21)13-16-7-5-4-6-8-16/h4-12H,13-15H2,1-3H3. The molecule has 0 fully saturated rings. The van der Waals surface area contributed by atoms with E-state index in [2.05, 4.69) is 43.1 Å². The molecule has 0 spiro atoms. The molecular weight excluding hydrogens is 384 g/mol. The lowest BCUT2D eigenvalue weighted by atomic mass is 9.87. The van der Waals surface area contributed by atoms with Crippen LogP contribution in [0.5, 0.6) is 5.75 Å². The molecule has 0 saturated carbocycles. The van der Waals surface area contributed by atoms with Crippen LogP contribution in [-0.4, -0.2) is 26.5 Å². The van der Waals surface area contributed by atoms with Crippen LogP contribution in [0.25, 0.3) is 0 Å². The molecule has 0 bridgehead atoms. The number of fused-ring (bicyclic) bond motifs is 1. The van der Waals surface area contributed by atoms with Crippen molar-refractivity contribution < 1.29 is 9.53 Å². The van der Waals surface area contributed by atoms with E-state index in [4.69, 9.17) is 4.74 Å². The quantitative estimate of drug-likeness (QED) is 0.640. The Morgan fingerprint density at radius 1 is 1.03 bits per heavy atom. The van der Waals surface area contributed by atoms with Crippen molar-refractivity contribution in [2.75, 3.05) is 10.8 Å². The van der Waals surface area contributed by atoms with Crippen molar-refractivity contribution in [3.8, 4) is 5.75 Å². The molecule has 3 aromatic rings. The second kappa shape index (κ2) is 7.91. The number of rotatable bonds is 5. The zero-order valence-corrected chi connectivity index (χ0v) is 17.6. The number of carbonyl (C=O) groups excluding carboxylic acids is 1. The van der Waals surface area contributed by atoms with E-state index in [0.29, 0.717) is 23.3 Å². The smallest absolute Gasteiger partial charge is 0.252 e. The van der Waals surface area contributed by atoms with Gasteiger partial charge in [-0.1, -0.05) is 75.0 Å². The Labute approximate surface area is 174 Å². The van der Waals surface area contributed by atoms with Crippen LogP contribution < -0.4 is 9.75 Å². The molecule has 0 N–H and O–H groups in total. The van der Waals surface area contributed by atoms with Crippen LogP contribution in [0, 0.1) is 0 Å². The number of aromatic nitrogens is 3. The summed E-state index contributed by atoms with van der Waals surface area (Å²) >= 11 is 1.40. The summed E-state index contributed by atoms with van der Waals surface area (Å²) in [4.78, 5) is 12.6. The highest BCUT2D eigenvalue weighted by molar-refractivity contribution is 7.99. The molecule has 0 atom stereocenters. The predicted molar refractivity (Wildman–Crippen MR) is 114 cm³/mol. The van der Waals surface area contributed by atoms with Gasteiger partial charge in [0.05, 0.1) is 12.3 Å². The van der Waals surface area contributed by atoms with E-state index >= 15 is 0 Å². The van der Waals surface area contributed by atoms with Gasteiger partial charge in [-0.3, -0.25) is 4.79 Å². The fraction of sp³-hybridized carbons (Fsp3) is 0.318. The summed E-state index contributed by atoms with van der Waals surface area (Å²) in [5, 5.41) is 10.9. The Morgan fingerprint density at radius 2 is 1.76 bits per heavy atom. The summed E-state index contributed by atoms with van der Waals surface area (Å²) in [7, 11) is 0. The van der Waals surface area contributed by atoms with Crippen molar-refractivity contribution in [1.29, 1.82) is 0 Å². The molecule has 0 radical (unpaired) electrons. The van der Waals surface area contributed by atoms with Gasteiger partial charge in [-0.15, -0.1) is 10.2 Å². The van der Waals surface area contributed by atoms with Crippen molar-refractivity contribution in [2.45, 2.75) is 44.5 Å². The maximum atomic E-state index is 12.6. The molecule has 0 saturated heterocycles. The van der Waals surface area contributed by atoms with Crippen LogP contribution in [0.2, 0.25) is 0 Å². The highest BCUT2D eigenvalue weighted by Crippen LogP contribution is 2.26. The lowest BCUT2D eigenvalue weighted by Crippen LogP contribution is -2.45. The molecule has 4 rings (SSSR count). The fourth-order valence-corrected chi connectivity index (χ4v) is 3.97. The number of carbonyl (C=O) groups is 1. The Balaban J connectivity index is 1.53. The van der Waals surface area contributed by atoms with Crippen LogP contribution in [0.15, 0.2) is 59.8 Å². The van der Waals surface area contributed by atoms with E-state index < -0.39 is 0 Å². The third kappa shape index (κ3) is 4.29.